The van der Waals surface area contributed by atoms with Gasteiger partial charge < -0.3 is 15.0 Å². The summed E-state index contributed by atoms with van der Waals surface area (Å²) in [6.45, 7) is 5.14. The summed E-state index contributed by atoms with van der Waals surface area (Å²) in [6.07, 6.45) is -5.14. The van der Waals surface area contributed by atoms with Gasteiger partial charge in [-0.15, -0.1) is 0 Å². The van der Waals surface area contributed by atoms with Gasteiger partial charge in [-0.2, -0.15) is 18.3 Å². The molecule has 39 heavy (non-hydrogen) atoms. The normalized spacial score (nSPS) is 11.1. The van der Waals surface area contributed by atoms with Crippen LogP contribution in [0.25, 0.3) is 11.3 Å². The van der Waals surface area contributed by atoms with Gasteiger partial charge in [0.05, 0.1) is 21.2 Å². The number of amides is 2. The van der Waals surface area contributed by atoms with Crippen LogP contribution in [0, 0.1) is 12.7 Å². The molecule has 3 rings (SSSR count). The molecular weight excluding hydrogens is 631 g/mol. The van der Waals surface area contributed by atoms with Crippen molar-refractivity contribution in [2.75, 3.05) is 19.4 Å². The second kappa shape index (κ2) is 13.0. The minimum Gasteiger partial charge on any atom is -0.459 e. The highest BCUT2D eigenvalue weighted by atomic mass is 79.9. The third-order valence-electron chi connectivity index (χ3n) is 4.96. The molecule has 0 fully saturated rings. The summed E-state index contributed by atoms with van der Waals surface area (Å²) in [6, 6.07) is 7.12. The molecule has 0 aliphatic heterocycles. The molecule has 0 radical (unpaired) electrons. The Labute approximate surface area is 241 Å². The van der Waals surface area contributed by atoms with E-state index in [0.29, 0.717) is 15.4 Å². The number of rotatable bonds is 4. The lowest BCUT2D eigenvalue weighted by Crippen LogP contribution is -2.27. The Morgan fingerprint density at radius 3 is 2.23 bits per heavy atom. The van der Waals surface area contributed by atoms with E-state index in [1.54, 1.807) is 34.0 Å². The molecule has 0 saturated carbocycles. The average Bonchev–Trinajstić information content (AvgIpc) is 3.10. The van der Waals surface area contributed by atoms with Crippen molar-refractivity contribution in [3.8, 4) is 11.3 Å². The summed E-state index contributed by atoms with van der Waals surface area (Å²) in [4.78, 5) is 24.8. The molecule has 14 heteroatoms. The molecule has 2 amide bonds. The van der Waals surface area contributed by atoms with Crippen LogP contribution in [-0.4, -0.2) is 46.9 Å². The monoisotopic (exact) mass is 654 g/mol. The second-order valence-electron chi connectivity index (χ2n) is 8.69. The molecule has 0 saturated heterocycles. The van der Waals surface area contributed by atoms with Crippen LogP contribution in [0.2, 0.25) is 10.0 Å². The van der Waals surface area contributed by atoms with Crippen LogP contribution in [0.3, 0.4) is 0 Å². The summed E-state index contributed by atoms with van der Waals surface area (Å²) in [7, 11) is 4.45. The number of anilines is 1. The van der Waals surface area contributed by atoms with E-state index in [9.17, 15) is 27.2 Å². The Morgan fingerprint density at radius 1 is 1.13 bits per heavy atom. The number of urea groups is 1. The third-order valence-corrected chi connectivity index (χ3v) is 6.43. The van der Waals surface area contributed by atoms with Crippen LogP contribution in [0.1, 0.15) is 35.5 Å². The molecule has 0 unspecified atom stereocenters. The Bertz CT molecular complexity index is 1380. The standard InChI is InChI=1S/C15H12BrClF4N2O2.C10H13ClN2O/c1-6(2)25-14(24)7-4-8(10(18)5-9(7)17)12-11(16)13(15(19,20)21)23(3)22-12;1-7-4-5-8(6-9(7)11)12-10(14)13(2)3/h4-6H,1-3H3;4-6H,1-3H3,(H,12,14). The summed E-state index contributed by atoms with van der Waals surface area (Å²) in [5, 5.41) is 6.87. The summed E-state index contributed by atoms with van der Waals surface area (Å²) >= 11 is 14.6. The highest BCUT2D eigenvalue weighted by molar-refractivity contribution is 9.10. The fraction of sp³-hybridized carbons (Fsp3) is 0.320. The number of ether oxygens (including phenoxy) is 1. The lowest BCUT2D eigenvalue weighted by Gasteiger charge is -2.12. The van der Waals surface area contributed by atoms with Crippen molar-refractivity contribution >= 4 is 56.8 Å². The molecular formula is C25H25BrCl2F4N4O3. The Hall–Kier alpha value is -2.83. The van der Waals surface area contributed by atoms with Gasteiger partial charge in [0.2, 0.25) is 0 Å². The first-order valence-electron chi connectivity index (χ1n) is 11.2. The van der Waals surface area contributed by atoms with Crippen LogP contribution in [0.15, 0.2) is 34.8 Å². The number of aryl methyl sites for hydroxylation is 2. The average molecular weight is 656 g/mol. The lowest BCUT2D eigenvalue weighted by atomic mass is 10.1. The van der Waals surface area contributed by atoms with Crippen LogP contribution in [-0.2, 0) is 18.0 Å². The molecule has 2 aromatic carbocycles. The molecule has 1 heterocycles. The number of carbonyl (C=O) groups is 2. The zero-order valence-electron chi connectivity index (χ0n) is 21.7. The Morgan fingerprint density at radius 2 is 1.74 bits per heavy atom. The van der Waals surface area contributed by atoms with E-state index in [4.69, 9.17) is 27.9 Å². The van der Waals surface area contributed by atoms with E-state index in [-0.39, 0.29) is 27.9 Å². The lowest BCUT2D eigenvalue weighted by molar-refractivity contribution is -0.144. The van der Waals surface area contributed by atoms with Crippen LogP contribution in [0.4, 0.5) is 28.0 Å². The van der Waals surface area contributed by atoms with Gasteiger partial charge in [-0.25, -0.2) is 14.0 Å². The Kier molecular flexibility index (Phi) is 10.8. The number of esters is 1. The van der Waals surface area contributed by atoms with Crippen molar-refractivity contribution in [1.82, 2.24) is 14.7 Å². The predicted octanol–water partition coefficient (Wildman–Crippen LogP) is 7.97. The zero-order valence-corrected chi connectivity index (χ0v) is 24.8. The van der Waals surface area contributed by atoms with Gasteiger partial charge in [0.25, 0.3) is 0 Å². The topological polar surface area (TPSA) is 76.5 Å². The van der Waals surface area contributed by atoms with Gasteiger partial charge in [0.1, 0.15) is 11.5 Å². The van der Waals surface area contributed by atoms with Gasteiger partial charge in [0.15, 0.2) is 5.69 Å². The molecule has 212 valence electrons. The van der Waals surface area contributed by atoms with Crippen molar-refractivity contribution in [2.24, 2.45) is 7.05 Å². The van der Waals surface area contributed by atoms with Gasteiger partial charge in [0, 0.05) is 37.4 Å². The molecule has 1 N–H and O–H groups in total. The van der Waals surface area contributed by atoms with Crippen molar-refractivity contribution in [2.45, 2.75) is 33.1 Å². The molecule has 0 bridgehead atoms. The number of hydrogen-bond donors (Lipinski definition) is 1. The summed E-state index contributed by atoms with van der Waals surface area (Å²) in [5.74, 6) is -1.73. The molecule has 3 aromatic rings. The summed E-state index contributed by atoms with van der Waals surface area (Å²) in [5.41, 5.74) is -0.157. The SMILES string of the molecule is CC(C)OC(=O)c1cc(-c2nn(C)c(C(F)(F)F)c2Br)c(F)cc1Cl.Cc1ccc(NC(=O)N(C)C)cc1Cl. The molecule has 0 aliphatic rings. The van der Waals surface area contributed by atoms with Gasteiger partial charge in [-0.1, -0.05) is 29.3 Å². The fourth-order valence-corrected chi connectivity index (χ4v) is 4.23. The van der Waals surface area contributed by atoms with E-state index < -0.39 is 34.2 Å². The van der Waals surface area contributed by atoms with Gasteiger partial charge in [-0.05, 0) is 66.5 Å². The zero-order chi connectivity index (χ0) is 29.8. The van der Waals surface area contributed by atoms with Crippen LogP contribution >= 0.6 is 39.1 Å². The number of nitrogens with one attached hydrogen (secondary N) is 1. The van der Waals surface area contributed by atoms with Gasteiger partial charge >= 0.3 is 18.2 Å². The maximum Gasteiger partial charge on any atom is 0.434 e. The molecule has 7 nitrogen and oxygen atoms in total. The van der Waals surface area contributed by atoms with Gasteiger partial charge in [-0.3, -0.25) is 4.68 Å². The number of benzene rings is 2. The Balaban J connectivity index is 0.000000322. The number of alkyl halides is 3. The number of nitrogens with zero attached hydrogens (tertiary/aromatic N) is 3. The first-order chi connectivity index (χ1) is 17.9. The van der Waals surface area contributed by atoms with E-state index in [1.165, 1.54) is 4.90 Å². The van der Waals surface area contributed by atoms with Crippen molar-refractivity contribution < 1.29 is 31.9 Å². The minimum absolute atomic E-state index is 0.162. The molecule has 0 aliphatic carbocycles. The van der Waals surface area contributed by atoms with Crippen LogP contribution in [0.5, 0.6) is 0 Å². The largest absolute Gasteiger partial charge is 0.459 e. The third kappa shape index (κ3) is 8.33. The number of halogens is 7. The van der Waals surface area contributed by atoms with E-state index in [1.807, 2.05) is 19.1 Å². The maximum atomic E-state index is 14.3. The smallest absolute Gasteiger partial charge is 0.434 e. The number of hydrogen-bond acceptors (Lipinski definition) is 4. The quantitative estimate of drug-likeness (QED) is 0.229. The van der Waals surface area contributed by atoms with E-state index >= 15 is 0 Å². The molecule has 0 atom stereocenters. The molecule has 1 aromatic heterocycles. The first kappa shape index (κ1) is 32.4. The first-order valence-corrected chi connectivity index (χ1v) is 12.7. The maximum absolute atomic E-state index is 14.3. The number of carbonyl (C=O) groups excluding carboxylic acids is 2. The predicted molar refractivity (Wildman–Crippen MR) is 146 cm³/mol. The van der Waals surface area contributed by atoms with Crippen molar-refractivity contribution in [3.05, 3.63) is 67.5 Å². The highest BCUT2D eigenvalue weighted by Gasteiger charge is 2.39. The summed E-state index contributed by atoms with van der Waals surface area (Å²) < 4.78 is 58.6. The van der Waals surface area contributed by atoms with Crippen molar-refractivity contribution in [1.29, 1.82) is 0 Å². The van der Waals surface area contributed by atoms with Crippen LogP contribution < -0.4 is 5.32 Å². The molecule has 0 spiro atoms. The number of aromatic nitrogens is 2. The highest BCUT2D eigenvalue weighted by Crippen LogP contribution is 2.41. The van der Waals surface area contributed by atoms with Crippen molar-refractivity contribution in [3.63, 3.8) is 0 Å². The van der Waals surface area contributed by atoms with E-state index in [2.05, 4.69) is 26.3 Å². The van der Waals surface area contributed by atoms with E-state index in [0.717, 1.165) is 24.7 Å². The fourth-order valence-electron chi connectivity index (χ4n) is 3.05. The minimum atomic E-state index is -4.69. The second-order valence-corrected chi connectivity index (χ2v) is 10.3.